The average molecular weight is 207 g/mol. The summed E-state index contributed by atoms with van der Waals surface area (Å²) in [7, 11) is 0. The van der Waals surface area contributed by atoms with Crippen LogP contribution in [0.15, 0.2) is 0 Å². The summed E-state index contributed by atoms with van der Waals surface area (Å²) in [5, 5.41) is 3.35. The lowest BCUT2D eigenvalue weighted by Crippen LogP contribution is -2.23. The standard InChI is InChI=1S/C13H21NO/c15-13(7-10-3-4-14-8-10)12-6-9-1-2-11(12)5-9/h9-12,14H,1-8H2. The topological polar surface area (TPSA) is 29.1 Å². The van der Waals surface area contributed by atoms with Crippen molar-refractivity contribution >= 4 is 5.78 Å². The molecule has 84 valence electrons. The van der Waals surface area contributed by atoms with Gasteiger partial charge in [0.2, 0.25) is 0 Å². The van der Waals surface area contributed by atoms with Crippen molar-refractivity contribution in [3.05, 3.63) is 0 Å². The van der Waals surface area contributed by atoms with Crippen molar-refractivity contribution in [2.75, 3.05) is 13.1 Å². The van der Waals surface area contributed by atoms with Gasteiger partial charge in [0.25, 0.3) is 0 Å². The predicted molar refractivity (Wildman–Crippen MR) is 59.5 cm³/mol. The van der Waals surface area contributed by atoms with Gasteiger partial charge in [0.1, 0.15) is 5.78 Å². The SMILES string of the molecule is O=C(CC1CCNC1)C1CC2CCC1C2. The van der Waals surface area contributed by atoms with Crippen LogP contribution in [0.1, 0.15) is 38.5 Å². The van der Waals surface area contributed by atoms with Gasteiger partial charge < -0.3 is 5.32 Å². The van der Waals surface area contributed by atoms with E-state index in [2.05, 4.69) is 5.32 Å². The van der Waals surface area contributed by atoms with Crippen molar-refractivity contribution in [3.63, 3.8) is 0 Å². The van der Waals surface area contributed by atoms with E-state index in [1.165, 1.54) is 32.1 Å². The Morgan fingerprint density at radius 2 is 2.13 bits per heavy atom. The number of hydrogen-bond acceptors (Lipinski definition) is 2. The Kier molecular flexibility index (Phi) is 2.55. The van der Waals surface area contributed by atoms with Crippen molar-refractivity contribution in [1.82, 2.24) is 5.32 Å². The molecular formula is C13H21NO. The van der Waals surface area contributed by atoms with Crippen LogP contribution in [0.4, 0.5) is 0 Å². The second kappa shape index (κ2) is 3.89. The number of hydrogen-bond donors (Lipinski definition) is 1. The van der Waals surface area contributed by atoms with E-state index in [9.17, 15) is 4.79 Å². The fourth-order valence-electron chi connectivity index (χ4n) is 3.96. The molecule has 2 aliphatic carbocycles. The van der Waals surface area contributed by atoms with E-state index in [1.807, 2.05) is 0 Å². The third-order valence-electron chi connectivity index (χ3n) is 4.80. The molecule has 1 N–H and O–H groups in total. The van der Waals surface area contributed by atoms with Gasteiger partial charge in [-0.15, -0.1) is 0 Å². The first-order valence-electron chi connectivity index (χ1n) is 6.56. The highest BCUT2D eigenvalue weighted by Crippen LogP contribution is 2.49. The van der Waals surface area contributed by atoms with E-state index in [4.69, 9.17) is 0 Å². The van der Waals surface area contributed by atoms with Crippen LogP contribution in [-0.2, 0) is 4.79 Å². The van der Waals surface area contributed by atoms with Crippen LogP contribution in [0.5, 0.6) is 0 Å². The Morgan fingerprint density at radius 3 is 2.73 bits per heavy atom. The highest BCUT2D eigenvalue weighted by Gasteiger charge is 2.43. The molecule has 4 atom stereocenters. The number of carbonyl (C=O) groups excluding carboxylic acids is 1. The summed E-state index contributed by atoms with van der Waals surface area (Å²) in [6.45, 7) is 2.20. The molecule has 0 aromatic heterocycles. The number of Topliss-reactive ketones (excluding diaryl/α,β-unsaturated/α-hetero) is 1. The lowest BCUT2D eigenvalue weighted by atomic mass is 9.82. The molecule has 2 heteroatoms. The highest BCUT2D eigenvalue weighted by molar-refractivity contribution is 5.82. The number of nitrogens with one attached hydrogen (secondary N) is 1. The third kappa shape index (κ3) is 1.84. The molecule has 2 saturated carbocycles. The number of carbonyl (C=O) groups is 1. The van der Waals surface area contributed by atoms with E-state index in [0.717, 1.165) is 31.3 Å². The summed E-state index contributed by atoms with van der Waals surface area (Å²) in [4.78, 5) is 12.2. The summed E-state index contributed by atoms with van der Waals surface area (Å²) in [6.07, 6.45) is 7.40. The maximum absolute atomic E-state index is 12.2. The van der Waals surface area contributed by atoms with Gasteiger partial charge >= 0.3 is 0 Å². The second-order valence-electron chi connectivity index (χ2n) is 5.81. The van der Waals surface area contributed by atoms with E-state index >= 15 is 0 Å². The molecule has 1 heterocycles. The lowest BCUT2D eigenvalue weighted by molar-refractivity contribution is -0.125. The minimum Gasteiger partial charge on any atom is -0.316 e. The summed E-state index contributed by atoms with van der Waals surface area (Å²) in [5.41, 5.74) is 0. The van der Waals surface area contributed by atoms with Crippen molar-refractivity contribution in [3.8, 4) is 0 Å². The number of fused-ring (bicyclic) bond motifs is 2. The zero-order valence-electron chi connectivity index (χ0n) is 9.37. The first-order chi connectivity index (χ1) is 7.33. The van der Waals surface area contributed by atoms with Crippen molar-refractivity contribution in [2.24, 2.45) is 23.7 Å². The van der Waals surface area contributed by atoms with Gasteiger partial charge in [0.05, 0.1) is 0 Å². The summed E-state index contributed by atoms with van der Waals surface area (Å²) < 4.78 is 0. The second-order valence-corrected chi connectivity index (χ2v) is 5.81. The molecule has 2 bridgehead atoms. The molecule has 3 rings (SSSR count). The lowest BCUT2D eigenvalue weighted by Gasteiger charge is -2.21. The third-order valence-corrected chi connectivity index (χ3v) is 4.80. The molecule has 0 radical (unpaired) electrons. The van der Waals surface area contributed by atoms with Gasteiger partial charge in [-0.05, 0) is 56.5 Å². The van der Waals surface area contributed by atoms with E-state index in [-0.39, 0.29) is 0 Å². The molecule has 2 nitrogen and oxygen atoms in total. The van der Waals surface area contributed by atoms with E-state index in [1.54, 1.807) is 0 Å². The Morgan fingerprint density at radius 1 is 1.20 bits per heavy atom. The van der Waals surface area contributed by atoms with Gasteiger partial charge in [-0.25, -0.2) is 0 Å². The Balaban J connectivity index is 1.56. The largest absolute Gasteiger partial charge is 0.316 e. The first-order valence-corrected chi connectivity index (χ1v) is 6.56. The maximum atomic E-state index is 12.2. The van der Waals surface area contributed by atoms with Gasteiger partial charge in [-0.2, -0.15) is 0 Å². The fraction of sp³-hybridized carbons (Fsp3) is 0.923. The molecular weight excluding hydrogens is 186 g/mol. The Bertz CT molecular complexity index is 257. The van der Waals surface area contributed by atoms with Crippen LogP contribution in [0.3, 0.4) is 0 Å². The number of rotatable bonds is 3. The van der Waals surface area contributed by atoms with Gasteiger partial charge in [-0.3, -0.25) is 4.79 Å². The Hall–Kier alpha value is -0.370. The van der Waals surface area contributed by atoms with Crippen LogP contribution in [-0.4, -0.2) is 18.9 Å². The molecule has 0 aromatic rings. The average Bonchev–Trinajstić information content (AvgIpc) is 2.93. The maximum Gasteiger partial charge on any atom is 0.136 e. The molecule has 0 amide bonds. The fourth-order valence-corrected chi connectivity index (χ4v) is 3.96. The molecule has 4 unspecified atom stereocenters. The first kappa shape index (κ1) is 9.83. The van der Waals surface area contributed by atoms with Crippen molar-refractivity contribution in [1.29, 1.82) is 0 Å². The van der Waals surface area contributed by atoms with Crippen LogP contribution in [0, 0.1) is 23.7 Å². The highest BCUT2D eigenvalue weighted by atomic mass is 16.1. The summed E-state index contributed by atoms with van der Waals surface area (Å²) in [5.74, 6) is 3.39. The molecule has 15 heavy (non-hydrogen) atoms. The zero-order chi connectivity index (χ0) is 10.3. The molecule has 0 spiro atoms. The minimum atomic E-state index is 0.462. The van der Waals surface area contributed by atoms with Crippen LogP contribution in [0.2, 0.25) is 0 Å². The summed E-state index contributed by atoms with van der Waals surface area (Å²) in [6, 6.07) is 0. The molecule has 1 aliphatic heterocycles. The minimum absolute atomic E-state index is 0.462. The monoisotopic (exact) mass is 207 g/mol. The normalized spacial score (nSPS) is 43.7. The smallest absolute Gasteiger partial charge is 0.136 e. The molecule has 0 aromatic carbocycles. The van der Waals surface area contributed by atoms with E-state index in [0.29, 0.717) is 17.6 Å². The van der Waals surface area contributed by atoms with Crippen LogP contribution >= 0.6 is 0 Å². The molecule has 1 saturated heterocycles. The van der Waals surface area contributed by atoms with Crippen molar-refractivity contribution < 1.29 is 4.79 Å². The number of ketones is 1. The van der Waals surface area contributed by atoms with Gasteiger partial charge in [0.15, 0.2) is 0 Å². The van der Waals surface area contributed by atoms with Crippen LogP contribution < -0.4 is 5.32 Å². The molecule has 3 aliphatic rings. The predicted octanol–water partition coefficient (Wildman–Crippen LogP) is 1.99. The van der Waals surface area contributed by atoms with Gasteiger partial charge in [0, 0.05) is 12.3 Å². The molecule has 3 fully saturated rings. The van der Waals surface area contributed by atoms with Crippen molar-refractivity contribution in [2.45, 2.75) is 38.5 Å². The van der Waals surface area contributed by atoms with E-state index < -0.39 is 0 Å². The Labute approximate surface area is 91.8 Å². The summed E-state index contributed by atoms with van der Waals surface area (Å²) >= 11 is 0. The van der Waals surface area contributed by atoms with Gasteiger partial charge in [-0.1, -0.05) is 6.42 Å². The zero-order valence-corrected chi connectivity index (χ0v) is 9.37. The van der Waals surface area contributed by atoms with Crippen LogP contribution in [0.25, 0.3) is 0 Å². The quantitative estimate of drug-likeness (QED) is 0.767.